The van der Waals surface area contributed by atoms with Gasteiger partial charge in [0, 0.05) is 26.6 Å². The second-order valence-electron chi connectivity index (χ2n) is 5.66. The van der Waals surface area contributed by atoms with Crippen molar-refractivity contribution in [2.75, 3.05) is 6.54 Å². The third-order valence-electron chi connectivity index (χ3n) is 4.31. The maximum absolute atomic E-state index is 12.6. The van der Waals surface area contributed by atoms with Gasteiger partial charge in [-0.05, 0) is 25.8 Å². The van der Waals surface area contributed by atoms with E-state index in [0.29, 0.717) is 24.3 Å². The van der Waals surface area contributed by atoms with Gasteiger partial charge in [-0.15, -0.1) is 0 Å². The van der Waals surface area contributed by atoms with Gasteiger partial charge in [-0.2, -0.15) is 0 Å². The molecule has 0 saturated heterocycles. The molecular weight excluding hydrogens is 282 g/mol. The Labute approximate surface area is 129 Å². The lowest BCUT2D eigenvalue weighted by atomic mass is 10.0. The van der Waals surface area contributed by atoms with Crippen molar-refractivity contribution in [2.45, 2.75) is 45.6 Å². The Balaban J connectivity index is 2.86. The Hall–Kier alpha value is -1.89. The van der Waals surface area contributed by atoms with Crippen molar-refractivity contribution >= 4 is 11.2 Å². The molecular formula is C15H25N5O2. The fraction of sp³-hybridized carbons (Fsp3) is 0.667. The number of imidazole rings is 1. The molecule has 2 N–H and O–H groups in total. The van der Waals surface area contributed by atoms with Crippen LogP contribution in [0.15, 0.2) is 9.59 Å². The van der Waals surface area contributed by atoms with Gasteiger partial charge in [0.15, 0.2) is 11.2 Å². The summed E-state index contributed by atoms with van der Waals surface area (Å²) >= 11 is 0. The molecule has 2 aromatic heterocycles. The predicted molar refractivity (Wildman–Crippen MR) is 87.2 cm³/mol. The molecule has 0 spiro atoms. The van der Waals surface area contributed by atoms with Crippen LogP contribution in [0.5, 0.6) is 0 Å². The third kappa shape index (κ3) is 2.49. The molecule has 2 heterocycles. The predicted octanol–water partition coefficient (Wildman–Crippen LogP) is 0.686. The van der Waals surface area contributed by atoms with Crippen molar-refractivity contribution in [3.63, 3.8) is 0 Å². The Kier molecular flexibility index (Phi) is 4.85. The van der Waals surface area contributed by atoms with E-state index in [1.807, 2.05) is 4.57 Å². The number of rotatable bonds is 6. The minimum Gasteiger partial charge on any atom is -0.330 e. The molecule has 0 fully saturated rings. The Bertz CT molecular complexity index is 780. The zero-order valence-electron chi connectivity index (χ0n) is 13.8. The molecule has 0 atom stereocenters. The van der Waals surface area contributed by atoms with E-state index in [1.165, 1.54) is 11.6 Å². The highest BCUT2D eigenvalue weighted by Gasteiger charge is 2.22. The fourth-order valence-electron chi connectivity index (χ4n) is 2.90. The van der Waals surface area contributed by atoms with Crippen LogP contribution in [0, 0.1) is 0 Å². The lowest BCUT2D eigenvalue weighted by molar-refractivity contribution is 0.543. The lowest BCUT2D eigenvalue weighted by Gasteiger charge is -2.15. The first-order valence-electron chi connectivity index (χ1n) is 7.84. The van der Waals surface area contributed by atoms with Crippen LogP contribution in [0.25, 0.3) is 11.2 Å². The second-order valence-corrected chi connectivity index (χ2v) is 5.66. The summed E-state index contributed by atoms with van der Waals surface area (Å²) in [4.78, 5) is 29.3. The van der Waals surface area contributed by atoms with Gasteiger partial charge >= 0.3 is 5.69 Å². The molecule has 7 heteroatoms. The number of nitrogens with zero attached hydrogens (tertiary/aromatic N) is 4. The molecule has 0 radical (unpaired) electrons. The topological polar surface area (TPSA) is 87.8 Å². The summed E-state index contributed by atoms with van der Waals surface area (Å²) in [5, 5.41) is 0. The van der Waals surface area contributed by atoms with Crippen LogP contribution in [-0.2, 0) is 20.6 Å². The molecule has 0 amide bonds. The largest absolute Gasteiger partial charge is 0.332 e. The standard InChI is InChI=1S/C15H25N5O2/c1-5-10(6-2)12-17-13-11(20(12)9-7-8-16)14(21)19(4)15(22)18(13)3/h10H,5-9,16H2,1-4H3. The van der Waals surface area contributed by atoms with Crippen LogP contribution in [-0.4, -0.2) is 25.2 Å². The van der Waals surface area contributed by atoms with Gasteiger partial charge in [0.1, 0.15) is 5.82 Å². The van der Waals surface area contributed by atoms with Gasteiger partial charge in [0.2, 0.25) is 0 Å². The molecule has 0 unspecified atom stereocenters. The van der Waals surface area contributed by atoms with E-state index < -0.39 is 0 Å². The minimum absolute atomic E-state index is 0.269. The van der Waals surface area contributed by atoms with Crippen molar-refractivity contribution in [1.29, 1.82) is 0 Å². The first kappa shape index (κ1) is 16.5. The Morgan fingerprint density at radius 2 is 1.77 bits per heavy atom. The van der Waals surface area contributed by atoms with Gasteiger partial charge in [-0.1, -0.05) is 13.8 Å². The first-order valence-corrected chi connectivity index (χ1v) is 7.84. The van der Waals surface area contributed by atoms with Gasteiger partial charge in [-0.3, -0.25) is 13.9 Å². The van der Waals surface area contributed by atoms with Crippen molar-refractivity contribution in [3.8, 4) is 0 Å². The third-order valence-corrected chi connectivity index (χ3v) is 4.31. The van der Waals surface area contributed by atoms with Crippen molar-refractivity contribution in [2.24, 2.45) is 19.8 Å². The highest BCUT2D eigenvalue weighted by atomic mass is 16.2. The quantitative estimate of drug-likeness (QED) is 0.850. The minimum atomic E-state index is -0.350. The summed E-state index contributed by atoms with van der Waals surface area (Å²) < 4.78 is 4.54. The zero-order valence-corrected chi connectivity index (χ0v) is 13.8. The van der Waals surface area contributed by atoms with E-state index in [9.17, 15) is 9.59 Å². The summed E-state index contributed by atoms with van der Waals surface area (Å²) in [5.41, 5.74) is 5.95. The Morgan fingerprint density at radius 3 is 2.32 bits per heavy atom. The lowest BCUT2D eigenvalue weighted by Crippen LogP contribution is -2.37. The van der Waals surface area contributed by atoms with E-state index in [2.05, 4.69) is 18.8 Å². The average Bonchev–Trinajstić information content (AvgIpc) is 2.89. The number of nitrogens with two attached hydrogens (primary N) is 1. The van der Waals surface area contributed by atoms with Gasteiger partial charge in [-0.25, -0.2) is 9.78 Å². The van der Waals surface area contributed by atoms with Crippen LogP contribution >= 0.6 is 0 Å². The van der Waals surface area contributed by atoms with Crippen molar-refractivity contribution < 1.29 is 0 Å². The summed E-state index contributed by atoms with van der Waals surface area (Å²) in [5.74, 6) is 1.15. The maximum atomic E-state index is 12.6. The van der Waals surface area contributed by atoms with Crippen LogP contribution in [0.3, 0.4) is 0 Å². The zero-order chi connectivity index (χ0) is 16.4. The smallest absolute Gasteiger partial charge is 0.330 e. The summed E-state index contributed by atoms with van der Waals surface area (Å²) in [6.45, 7) is 5.41. The van der Waals surface area contributed by atoms with E-state index in [-0.39, 0.29) is 17.2 Å². The highest BCUT2D eigenvalue weighted by molar-refractivity contribution is 5.71. The molecule has 0 bridgehead atoms. The Morgan fingerprint density at radius 1 is 1.14 bits per heavy atom. The van der Waals surface area contributed by atoms with Crippen molar-refractivity contribution in [3.05, 3.63) is 26.7 Å². The SMILES string of the molecule is CCC(CC)c1nc2c(c(=O)n(C)c(=O)n2C)n1CCCN. The summed E-state index contributed by atoms with van der Waals surface area (Å²) in [6, 6.07) is 0. The fourth-order valence-corrected chi connectivity index (χ4v) is 2.90. The van der Waals surface area contributed by atoms with E-state index in [4.69, 9.17) is 5.73 Å². The second kappa shape index (κ2) is 6.48. The van der Waals surface area contributed by atoms with Crippen LogP contribution < -0.4 is 17.0 Å². The molecule has 0 saturated carbocycles. The van der Waals surface area contributed by atoms with Gasteiger partial charge in [0.25, 0.3) is 5.56 Å². The monoisotopic (exact) mass is 307 g/mol. The molecule has 0 aliphatic carbocycles. The summed E-state index contributed by atoms with van der Waals surface area (Å²) in [6.07, 6.45) is 2.65. The van der Waals surface area contributed by atoms with Crippen LogP contribution in [0.4, 0.5) is 0 Å². The maximum Gasteiger partial charge on any atom is 0.332 e. The van der Waals surface area contributed by atoms with Gasteiger partial charge < -0.3 is 10.3 Å². The van der Waals surface area contributed by atoms with Crippen LogP contribution in [0.2, 0.25) is 0 Å². The molecule has 2 rings (SSSR count). The number of fused-ring (bicyclic) bond motifs is 1. The molecule has 0 aliphatic heterocycles. The van der Waals surface area contributed by atoms with Gasteiger partial charge in [0.05, 0.1) is 0 Å². The number of aryl methyl sites for hydroxylation is 2. The first-order chi connectivity index (χ1) is 10.5. The molecule has 7 nitrogen and oxygen atoms in total. The van der Waals surface area contributed by atoms with E-state index in [0.717, 1.165) is 29.7 Å². The summed E-state index contributed by atoms with van der Waals surface area (Å²) in [7, 11) is 3.15. The highest BCUT2D eigenvalue weighted by Crippen LogP contribution is 2.25. The molecule has 0 aliphatic rings. The number of hydrogen-bond donors (Lipinski definition) is 1. The normalized spacial score (nSPS) is 11.7. The molecule has 0 aromatic carbocycles. The molecule has 22 heavy (non-hydrogen) atoms. The number of hydrogen-bond acceptors (Lipinski definition) is 4. The van der Waals surface area contributed by atoms with E-state index >= 15 is 0 Å². The average molecular weight is 307 g/mol. The van der Waals surface area contributed by atoms with Crippen molar-refractivity contribution in [1.82, 2.24) is 18.7 Å². The molecule has 122 valence electrons. The van der Waals surface area contributed by atoms with Crippen LogP contribution in [0.1, 0.15) is 44.9 Å². The molecule has 2 aromatic rings. The number of aromatic nitrogens is 4. The van der Waals surface area contributed by atoms with E-state index in [1.54, 1.807) is 7.05 Å².